The van der Waals surface area contributed by atoms with Crippen LogP contribution in [0.15, 0.2) is 36.4 Å². The van der Waals surface area contributed by atoms with Gasteiger partial charge in [0, 0.05) is 5.69 Å². The van der Waals surface area contributed by atoms with Gasteiger partial charge < -0.3 is 15.4 Å². The molecule has 0 aliphatic carbocycles. The molecule has 6 heteroatoms. The maximum atomic E-state index is 12.1. The Kier molecular flexibility index (Phi) is 6.51. The van der Waals surface area contributed by atoms with E-state index in [1.54, 1.807) is 12.1 Å². The zero-order chi connectivity index (χ0) is 18.2. The molecule has 0 bridgehead atoms. The van der Waals surface area contributed by atoms with Crippen LogP contribution in [0, 0.1) is 13.8 Å². The van der Waals surface area contributed by atoms with E-state index < -0.39 is 11.8 Å². The Morgan fingerprint density at radius 2 is 1.92 bits per heavy atom. The van der Waals surface area contributed by atoms with Crippen LogP contribution in [0.1, 0.15) is 30.3 Å². The summed E-state index contributed by atoms with van der Waals surface area (Å²) in [5.41, 5.74) is 3.05. The maximum Gasteiger partial charge on any atom is 0.313 e. The van der Waals surface area contributed by atoms with Crippen molar-refractivity contribution >= 4 is 17.5 Å². The SMILES string of the molecule is CCCOc1cc(C)ccc1NC(=O)C(=O)NCc1cccc(C)n1. The summed E-state index contributed by atoms with van der Waals surface area (Å²) in [6, 6.07) is 10.9. The molecule has 0 saturated carbocycles. The van der Waals surface area contributed by atoms with Crippen LogP contribution in [-0.2, 0) is 16.1 Å². The van der Waals surface area contributed by atoms with Crippen LogP contribution in [0.25, 0.3) is 0 Å². The second kappa shape index (κ2) is 8.82. The molecule has 0 radical (unpaired) electrons. The van der Waals surface area contributed by atoms with Crippen molar-refractivity contribution in [2.75, 3.05) is 11.9 Å². The van der Waals surface area contributed by atoms with E-state index in [-0.39, 0.29) is 6.54 Å². The van der Waals surface area contributed by atoms with Crippen molar-refractivity contribution < 1.29 is 14.3 Å². The van der Waals surface area contributed by atoms with Gasteiger partial charge in [0.1, 0.15) is 5.75 Å². The Labute approximate surface area is 147 Å². The van der Waals surface area contributed by atoms with Crippen LogP contribution in [0.2, 0.25) is 0 Å². The zero-order valence-corrected chi connectivity index (χ0v) is 14.8. The molecule has 0 unspecified atom stereocenters. The normalized spacial score (nSPS) is 10.2. The average Bonchev–Trinajstić information content (AvgIpc) is 2.59. The van der Waals surface area contributed by atoms with Gasteiger partial charge in [0.25, 0.3) is 0 Å². The number of hydrogen-bond acceptors (Lipinski definition) is 4. The van der Waals surface area contributed by atoms with Gasteiger partial charge in [-0.2, -0.15) is 0 Å². The van der Waals surface area contributed by atoms with Gasteiger partial charge in [0.15, 0.2) is 0 Å². The minimum atomic E-state index is -0.738. The smallest absolute Gasteiger partial charge is 0.313 e. The highest BCUT2D eigenvalue weighted by atomic mass is 16.5. The monoisotopic (exact) mass is 341 g/mol. The second-order valence-electron chi connectivity index (χ2n) is 5.76. The van der Waals surface area contributed by atoms with Crippen molar-refractivity contribution in [3.05, 3.63) is 53.3 Å². The Morgan fingerprint density at radius 3 is 2.64 bits per heavy atom. The molecule has 0 spiro atoms. The van der Waals surface area contributed by atoms with Gasteiger partial charge in [-0.1, -0.05) is 19.1 Å². The zero-order valence-electron chi connectivity index (χ0n) is 14.8. The van der Waals surface area contributed by atoms with Crippen molar-refractivity contribution in [2.45, 2.75) is 33.7 Å². The standard InChI is InChI=1S/C19H23N3O3/c1-4-10-25-17-11-13(2)8-9-16(17)22-19(24)18(23)20-12-15-7-5-6-14(3)21-15/h5-9,11H,4,10,12H2,1-3H3,(H,20,23)(H,22,24). The number of aromatic nitrogens is 1. The van der Waals surface area contributed by atoms with Gasteiger partial charge in [-0.15, -0.1) is 0 Å². The number of nitrogens with zero attached hydrogens (tertiary/aromatic N) is 1. The molecule has 2 aromatic rings. The molecular formula is C19H23N3O3. The lowest BCUT2D eigenvalue weighted by Gasteiger charge is -2.13. The van der Waals surface area contributed by atoms with Crippen LogP contribution in [0.5, 0.6) is 5.75 Å². The molecule has 1 aromatic carbocycles. The first-order chi connectivity index (χ1) is 12.0. The van der Waals surface area contributed by atoms with Gasteiger partial charge in [-0.3, -0.25) is 14.6 Å². The number of carbonyl (C=O) groups is 2. The average molecular weight is 341 g/mol. The first kappa shape index (κ1) is 18.4. The molecule has 25 heavy (non-hydrogen) atoms. The minimum absolute atomic E-state index is 0.195. The van der Waals surface area contributed by atoms with Crippen LogP contribution in [0.4, 0.5) is 5.69 Å². The van der Waals surface area contributed by atoms with E-state index in [9.17, 15) is 9.59 Å². The Morgan fingerprint density at radius 1 is 1.12 bits per heavy atom. The highest BCUT2D eigenvalue weighted by molar-refractivity contribution is 6.39. The predicted octanol–water partition coefficient (Wildman–Crippen LogP) is 2.74. The van der Waals surface area contributed by atoms with E-state index in [4.69, 9.17) is 4.74 Å². The summed E-state index contributed by atoms with van der Waals surface area (Å²) < 4.78 is 5.63. The lowest BCUT2D eigenvalue weighted by atomic mass is 10.2. The minimum Gasteiger partial charge on any atom is -0.491 e. The van der Waals surface area contributed by atoms with Crippen LogP contribution < -0.4 is 15.4 Å². The Hall–Kier alpha value is -2.89. The molecule has 0 saturated heterocycles. The number of carbonyl (C=O) groups excluding carboxylic acids is 2. The van der Waals surface area contributed by atoms with Gasteiger partial charge in [0.2, 0.25) is 0 Å². The summed E-state index contributed by atoms with van der Waals surface area (Å²) in [4.78, 5) is 28.4. The van der Waals surface area contributed by atoms with E-state index in [1.807, 2.05) is 45.0 Å². The van der Waals surface area contributed by atoms with Crippen molar-refractivity contribution in [1.82, 2.24) is 10.3 Å². The van der Waals surface area contributed by atoms with Crippen molar-refractivity contribution in [2.24, 2.45) is 0 Å². The quantitative estimate of drug-likeness (QED) is 0.792. The maximum absolute atomic E-state index is 12.1. The molecule has 6 nitrogen and oxygen atoms in total. The number of rotatable bonds is 6. The van der Waals surface area contributed by atoms with Gasteiger partial charge in [-0.25, -0.2) is 0 Å². The lowest BCUT2D eigenvalue weighted by Crippen LogP contribution is -2.35. The first-order valence-electron chi connectivity index (χ1n) is 8.24. The van der Waals surface area contributed by atoms with Crippen LogP contribution in [-0.4, -0.2) is 23.4 Å². The molecule has 0 aliphatic rings. The number of anilines is 1. The van der Waals surface area contributed by atoms with E-state index in [2.05, 4.69) is 15.6 Å². The third-order valence-electron chi connectivity index (χ3n) is 3.43. The summed E-state index contributed by atoms with van der Waals surface area (Å²) in [5.74, 6) is -0.897. The van der Waals surface area contributed by atoms with E-state index in [0.29, 0.717) is 23.7 Å². The number of aryl methyl sites for hydroxylation is 2. The molecule has 0 fully saturated rings. The van der Waals surface area contributed by atoms with E-state index in [1.165, 1.54) is 0 Å². The van der Waals surface area contributed by atoms with Crippen molar-refractivity contribution in [1.29, 1.82) is 0 Å². The van der Waals surface area contributed by atoms with E-state index >= 15 is 0 Å². The molecule has 1 heterocycles. The van der Waals surface area contributed by atoms with Gasteiger partial charge in [0.05, 0.1) is 24.5 Å². The van der Waals surface area contributed by atoms with Gasteiger partial charge in [-0.05, 0) is 50.1 Å². The first-order valence-corrected chi connectivity index (χ1v) is 8.24. The molecule has 0 atom stereocenters. The highest BCUT2D eigenvalue weighted by Crippen LogP contribution is 2.25. The number of ether oxygens (including phenoxy) is 1. The molecule has 0 aliphatic heterocycles. The van der Waals surface area contributed by atoms with Crippen LogP contribution in [0.3, 0.4) is 0 Å². The summed E-state index contributed by atoms with van der Waals surface area (Å²) in [5, 5.41) is 5.16. The van der Waals surface area contributed by atoms with Gasteiger partial charge >= 0.3 is 11.8 Å². The molecule has 132 valence electrons. The fraction of sp³-hybridized carbons (Fsp3) is 0.316. The number of amides is 2. The Balaban J connectivity index is 1.97. The number of benzene rings is 1. The fourth-order valence-electron chi connectivity index (χ4n) is 2.19. The molecule has 2 amide bonds. The summed E-state index contributed by atoms with van der Waals surface area (Å²) in [7, 11) is 0. The number of hydrogen-bond donors (Lipinski definition) is 2. The predicted molar refractivity (Wildman–Crippen MR) is 96.4 cm³/mol. The molecular weight excluding hydrogens is 318 g/mol. The fourth-order valence-corrected chi connectivity index (χ4v) is 2.19. The number of nitrogens with one attached hydrogen (secondary N) is 2. The second-order valence-corrected chi connectivity index (χ2v) is 5.76. The summed E-state index contributed by atoms with van der Waals surface area (Å²) in [6.07, 6.45) is 0.852. The Bertz CT molecular complexity index is 759. The van der Waals surface area contributed by atoms with E-state index in [0.717, 1.165) is 17.7 Å². The number of pyridine rings is 1. The van der Waals surface area contributed by atoms with Crippen LogP contribution >= 0.6 is 0 Å². The third kappa shape index (κ3) is 5.60. The molecule has 1 aromatic heterocycles. The van der Waals surface area contributed by atoms with Crippen molar-refractivity contribution in [3.8, 4) is 5.75 Å². The molecule has 2 rings (SSSR count). The summed E-state index contributed by atoms with van der Waals surface area (Å²) in [6.45, 7) is 6.54. The topological polar surface area (TPSA) is 80.3 Å². The molecule has 2 N–H and O–H groups in total. The summed E-state index contributed by atoms with van der Waals surface area (Å²) >= 11 is 0. The van der Waals surface area contributed by atoms with Crippen molar-refractivity contribution in [3.63, 3.8) is 0 Å². The third-order valence-corrected chi connectivity index (χ3v) is 3.43. The highest BCUT2D eigenvalue weighted by Gasteiger charge is 2.16. The lowest BCUT2D eigenvalue weighted by molar-refractivity contribution is -0.136. The largest absolute Gasteiger partial charge is 0.491 e.